The predicted molar refractivity (Wildman–Crippen MR) is 87.4 cm³/mol. The van der Waals surface area contributed by atoms with Gasteiger partial charge < -0.3 is 0 Å². The van der Waals surface area contributed by atoms with Gasteiger partial charge in [-0.2, -0.15) is 0 Å². The Morgan fingerprint density at radius 1 is 0.350 bits per heavy atom. The lowest BCUT2D eigenvalue weighted by atomic mass is 9.42. The topological polar surface area (TPSA) is 0 Å². The zero-order valence-electron chi connectivity index (χ0n) is 8.93. The molecule has 0 amide bonds. The van der Waals surface area contributed by atoms with Gasteiger partial charge in [-0.05, 0) is 0 Å². The third kappa shape index (κ3) is 0.673. The van der Waals surface area contributed by atoms with Gasteiger partial charge in [-0.25, -0.2) is 0 Å². The van der Waals surface area contributed by atoms with Crippen LogP contribution in [0.15, 0.2) is 0 Å². The Kier molecular flexibility index (Phi) is 2.24. The third-order valence-electron chi connectivity index (χ3n) is 6.33. The maximum absolute atomic E-state index is 6.77. The minimum atomic E-state index is -1.58. The van der Waals surface area contributed by atoms with E-state index in [1.54, 1.807) is 0 Å². The summed E-state index contributed by atoms with van der Waals surface area (Å²) in [5.41, 5.74) is 0. The standard InChI is InChI=1S/C10H2Cl10/c11-3-1-5(13)4(12)2(7(3,15)9(5,17)18)8(3,16)10(19,20)6(1,4)14/h1-2H. The van der Waals surface area contributed by atoms with E-state index >= 15 is 0 Å². The summed E-state index contributed by atoms with van der Waals surface area (Å²) in [6.07, 6.45) is 0. The van der Waals surface area contributed by atoms with Crippen molar-refractivity contribution in [1.29, 1.82) is 0 Å². The molecule has 0 N–H and O–H groups in total. The molecule has 4 atom stereocenters. The van der Waals surface area contributed by atoms with Gasteiger partial charge >= 0.3 is 0 Å². The largest absolute Gasteiger partial charge is 0.160 e. The Bertz CT molecular complexity index is 536. The van der Waals surface area contributed by atoms with Crippen molar-refractivity contribution in [3.63, 3.8) is 0 Å². The number of halogens is 10. The first-order valence-electron chi connectivity index (χ1n) is 5.62. The van der Waals surface area contributed by atoms with Crippen molar-refractivity contribution in [2.24, 2.45) is 11.8 Å². The van der Waals surface area contributed by atoms with Crippen LogP contribution in [0.1, 0.15) is 0 Å². The van der Waals surface area contributed by atoms with Crippen LogP contribution < -0.4 is 0 Å². The molecule has 0 saturated heterocycles. The Balaban J connectivity index is 1.98. The number of rotatable bonds is 0. The SMILES string of the molecule is ClC1(Cl)C2(Cl)C3C4(Cl)C(Cl)(Cl)C5(Cl)C(C1(Cl)C35Cl)C24Cl. The highest BCUT2D eigenvalue weighted by Gasteiger charge is 3.23. The molecule has 4 unspecified atom stereocenters. The van der Waals surface area contributed by atoms with Crippen molar-refractivity contribution in [3.8, 4) is 0 Å². The monoisotopic (exact) mass is 472 g/mol. The third-order valence-corrected chi connectivity index (χ3v) is 14.7. The fourth-order valence-corrected chi connectivity index (χ4v) is 13.4. The molecule has 112 valence electrons. The quantitative estimate of drug-likeness (QED) is 0.405. The van der Waals surface area contributed by atoms with Crippen molar-refractivity contribution in [3.05, 3.63) is 0 Å². The van der Waals surface area contributed by atoms with Crippen LogP contribution in [0.4, 0.5) is 0 Å². The second kappa shape index (κ2) is 2.95. The minimum absolute atomic E-state index is 0.699. The van der Waals surface area contributed by atoms with Crippen LogP contribution in [0.25, 0.3) is 0 Å². The highest BCUT2D eigenvalue weighted by Crippen LogP contribution is 3.09. The first kappa shape index (κ1) is 15.2. The first-order valence-corrected chi connectivity index (χ1v) is 9.40. The van der Waals surface area contributed by atoms with Gasteiger partial charge in [0.25, 0.3) is 0 Å². The molecule has 0 spiro atoms. The van der Waals surface area contributed by atoms with Crippen LogP contribution in [0, 0.1) is 11.8 Å². The Hall–Kier alpha value is 2.90. The van der Waals surface area contributed by atoms with E-state index in [0.717, 1.165) is 0 Å². The second-order valence-corrected chi connectivity index (χ2v) is 12.5. The number of alkyl halides is 10. The molecule has 6 aliphatic rings. The van der Waals surface area contributed by atoms with Crippen LogP contribution in [-0.2, 0) is 0 Å². The van der Waals surface area contributed by atoms with Crippen LogP contribution in [-0.4, -0.2) is 37.9 Å². The summed E-state index contributed by atoms with van der Waals surface area (Å²) in [5.74, 6) is -1.40. The molecule has 6 saturated carbocycles. The number of hydrogen-bond acceptors (Lipinski definition) is 0. The molecule has 6 rings (SSSR count). The molecular formula is C10H2Cl10. The van der Waals surface area contributed by atoms with E-state index < -0.39 is 49.7 Å². The lowest BCUT2D eigenvalue weighted by molar-refractivity contribution is -0.0393. The van der Waals surface area contributed by atoms with Crippen molar-refractivity contribution in [2.45, 2.75) is 37.9 Å². The Morgan fingerprint density at radius 3 is 0.750 bits per heavy atom. The molecule has 0 aromatic heterocycles. The van der Waals surface area contributed by atoms with Crippen molar-refractivity contribution in [1.82, 2.24) is 0 Å². The smallest absolute Gasteiger partial charge is 0.115 e. The fraction of sp³-hybridized carbons (Fsp3) is 1.00. The van der Waals surface area contributed by atoms with E-state index in [9.17, 15) is 0 Å². The molecule has 6 fully saturated rings. The predicted octanol–water partition coefficient (Wildman–Crippen LogP) is 5.50. The molecule has 6 aliphatic carbocycles. The summed E-state index contributed by atoms with van der Waals surface area (Å²) in [4.78, 5) is -7.95. The summed E-state index contributed by atoms with van der Waals surface area (Å²) < 4.78 is -3.16. The second-order valence-electron chi connectivity index (χ2n) is 6.29. The van der Waals surface area contributed by atoms with Gasteiger partial charge in [0.1, 0.15) is 19.5 Å². The highest BCUT2D eigenvalue weighted by molar-refractivity contribution is 6.73. The van der Waals surface area contributed by atoms with E-state index in [2.05, 4.69) is 0 Å². The van der Waals surface area contributed by atoms with Gasteiger partial charge in [0.15, 0.2) is 8.67 Å². The molecule has 0 aromatic rings. The van der Waals surface area contributed by atoms with E-state index in [1.165, 1.54) is 0 Å². The lowest BCUT2D eigenvalue weighted by Gasteiger charge is -2.75. The molecule has 0 nitrogen and oxygen atoms in total. The maximum Gasteiger partial charge on any atom is 0.160 e. The fourth-order valence-electron chi connectivity index (χ4n) is 5.87. The van der Waals surface area contributed by atoms with Crippen LogP contribution in [0.3, 0.4) is 0 Å². The maximum atomic E-state index is 6.77. The summed E-state index contributed by atoms with van der Waals surface area (Å²) in [5, 5.41) is 0. The molecule has 0 radical (unpaired) electrons. The molecule has 10 heteroatoms. The van der Waals surface area contributed by atoms with Crippen LogP contribution >= 0.6 is 116 Å². The zero-order valence-corrected chi connectivity index (χ0v) is 16.5. The van der Waals surface area contributed by atoms with Gasteiger partial charge in [-0.3, -0.25) is 0 Å². The average Bonchev–Trinajstić information content (AvgIpc) is 2.55. The van der Waals surface area contributed by atoms with E-state index in [-0.39, 0.29) is 0 Å². The van der Waals surface area contributed by atoms with Crippen LogP contribution in [0.2, 0.25) is 0 Å². The molecule has 4 bridgehead atoms. The molecule has 0 aromatic carbocycles. The molecular weight excluding hydrogens is 475 g/mol. The van der Waals surface area contributed by atoms with Gasteiger partial charge in [0.05, 0.1) is 9.75 Å². The average molecular weight is 477 g/mol. The van der Waals surface area contributed by atoms with Crippen molar-refractivity contribution in [2.75, 3.05) is 0 Å². The van der Waals surface area contributed by atoms with Gasteiger partial charge in [0.2, 0.25) is 0 Å². The summed E-state index contributed by atoms with van der Waals surface area (Å²) in [7, 11) is 0. The normalized spacial score (nSPS) is 79.5. The number of hydrogen-bond donors (Lipinski definition) is 0. The highest BCUT2D eigenvalue weighted by atomic mass is 35.5. The van der Waals surface area contributed by atoms with Crippen LogP contribution in [0.5, 0.6) is 0 Å². The van der Waals surface area contributed by atoms with E-state index in [0.29, 0.717) is 0 Å². The van der Waals surface area contributed by atoms with E-state index in [1.807, 2.05) is 0 Å². The van der Waals surface area contributed by atoms with Crippen molar-refractivity contribution < 1.29 is 0 Å². The summed E-state index contributed by atoms with van der Waals surface area (Å²) >= 11 is 66.3. The summed E-state index contributed by atoms with van der Waals surface area (Å²) in [6.45, 7) is 0. The Labute approximate surface area is 164 Å². The minimum Gasteiger partial charge on any atom is -0.115 e. The summed E-state index contributed by atoms with van der Waals surface area (Å²) in [6, 6.07) is 0. The van der Waals surface area contributed by atoms with Gasteiger partial charge in [-0.15, -0.1) is 69.6 Å². The van der Waals surface area contributed by atoms with Gasteiger partial charge in [-0.1, -0.05) is 46.4 Å². The Morgan fingerprint density at radius 2 is 0.550 bits per heavy atom. The first-order chi connectivity index (χ1) is 8.73. The molecule has 20 heavy (non-hydrogen) atoms. The molecule has 0 heterocycles. The molecule has 0 aliphatic heterocycles. The van der Waals surface area contributed by atoms with Crippen molar-refractivity contribution >= 4 is 116 Å². The van der Waals surface area contributed by atoms with E-state index in [4.69, 9.17) is 116 Å². The lowest BCUT2D eigenvalue weighted by Crippen LogP contribution is -2.91. The zero-order chi connectivity index (χ0) is 15.2. The van der Waals surface area contributed by atoms with Gasteiger partial charge in [0, 0.05) is 11.8 Å².